The fourth-order valence-corrected chi connectivity index (χ4v) is 1.89. The molecule has 0 spiro atoms. The number of rotatable bonds is 5. The highest BCUT2D eigenvalue weighted by Crippen LogP contribution is 2.16. The van der Waals surface area contributed by atoms with Gasteiger partial charge in [-0.05, 0) is 35.4 Å². The van der Waals surface area contributed by atoms with Crippen molar-refractivity contribution >= 4 is 5.97 Å². The Morgan fingerprint density at radius 1 is 1.10 bits per heavy atom. The van der Waals surface area contributed by atoms with Crippen molar-refractivity contribution < 1.29 is 14.3 Å². The Hall–Kier alpha value is -2.80. The van der Waals surface area contributed by atoms with Crippen molar-refractivity contribution in [2.24, 2.45) is 0 Å². The number of esters is 1. The fourth-order valence-electron chi connectivity index (χ4n) is 1.89. The molecule has 0 aliphatic heterocycles. The van der Waals surface area contributed by atoms with Crippen LogP contribution in [0.15, 0.2) is 48.5 Å². The summed E-state index contributed by atoms with van der Waals surface area (Å²) in [6.07, 6.45) is 0.226. The van der Waals surface area contributed by atoms with Crippen LogP contribution in [0.5, 0.6) is 5.75 Å². The molecule has 0 N–H and O–H groups in total. The van der Waals surface area contributed by atoms with Crippen molar-refractivity contribution in [1.82, 2.24) is 0 Å². The van der Waals surface area contributed by atoms with E-state index in [-0.39, 0.29) is 12.4 Å². The molecule has 0 aliphatic carbocycles. The number of benzene rings is 2. The first-order chi connectivity index (χ1) is 10.2. The summed E-state index contributed by atoms with van der Waals surface area (Å²) < 4.78 is 10.4. The molecule has 0 fully saturated rings. The molecule has 0 saturated carbocycles. The van der Waals surface area contributed by atoms with Gasteiger partial charge in [0.05, 0.1) is 25.2 Å². The Morgan fingerprint density at radius 2 is 1.76 bits per heavy atom. The largest absolute Gasteiger partial charge is 0.489 e. The summed E-state index contributed by atoms with van der Waals surface area (Å²) >= 11 is 0. The first kappa shape index (κ1) is 14.6. The van der Waals surface area contributed by atoms with Gasteiger partial charge in [-0.25, -0.2) is 0 Å². The molecule has 2 aromatic carbocycles. The van der Waals surface area contributed by atoms with Gasteiger partial charge in [0.15, 0.2) is 0 Å². The zero-order chi connectivity index (χ0) is 15.1. The molecule has 0 saturated heterocycles. The minimum atomic E-state index is -0.277. The number of ether oxygens (including phenoxy) is 2. The zero-order valence-electron chi connectivity index (χ0n) is 11.7. The van der Waals surface area contributed by atoms with Crippen molar-refractivity contribution in [3.8, 4) is 11.8 Å². The van der Waals surface area contributed by atoms with E-state index in [9.17, 15) is 4.79 Å². The van der Waals surface area contributed by atoms with Crippen LogP contribution in [0.2, 0.25) is 0 Å². The number of hydrogen-bond acceptors (Lipinski definition) is 4. The van der Waals surface area contributed by atoms with E-state index in [0.29, 0.717) is 17.9 Å². The zero-order valence-corrected chi connectivity index (χ0v) is 11.7. The summed E-state index contributed by atoms with van der Waals surface area (Å²) in [6, 6.07) is 16.6. The molecule has 0 bridgehead atoms. The number of nitriles is 1. The van der Waals surface area contributed by atoms with E-state index in [2.05, 4.69) is 10.8 Å². The number of nitrogens with zero attached hydrogens (tertiary/aromatic N) is 1. The topological polar surface area (TPSA) is 59.3 Å². The first-order valence-electron chi connectivity index (χ1n) is 6.49. The third-order valence-corrected chi connectivity index (χ3v) is 3.06. The van der Waals surface area contributed by atoms with Crippen molar-refractivity contribution in [2.45, 2.75) is 13.0 Å². The van der Waals surface area contributed by atoms with Crippen molar-refractivity contribution in [3.63, 3.8) is 0 Å². The summed E-state index contributed by atoms with van der Waals surface area (Å²) in [6.45, 7) is 0.360. The van der Waals surface area contributed by atoms with Gasteiger partial charge < -0.3 is 9.47 Å². The second-order valence-corrected chi connectivity index (χ2v) is 4.45. The predicted octanol–water partition coefficient (Wildman–Crippen LogP) is 2.85. The van der Waals surface area contributed by atoms with Crippen LogP contribution in [0.1, 0.15) is 16.7 Å². The highest BCUT2D eigenvalue weighted by molar-refractivity contribution is 5.72. The molecule has 0 radical (unpaired) electrons. The predicted molar refractivity (Wildman–Crippen MR) is 77.7 cm³/mol. The lowest BCUT2D eigenvalue weighted by Crippen LogP contribution is -2.08. The summed E-state index contributed by atoms with van der Waals surface area (Å²) in [5, 5.41) is 8.75. The van der Waals surface area contributed by atoms with Crippen LogP contribution in [0, 0.1) is 11.3 Å². The van der Waals surface area contributed by atoms with Crippen LogP contribution in [-0.4, -0.2) is 13.1 Å². The summed E-state index contributed by atoms with van der Waals surface area (Å²) in [5.74, 6) is 0.405. The third kappa shape index (κ3) is 4.08. The molecule has 0 heterocycles. The van der Waals surface area contributed by atoms with Crippen LogP contribution in [0.25, 0.3) is 0 Å². The van der Waals surface area contributed by atoms with Crippen LogP contribution in [0.4, 0.5) is 0 Å². The minimum Gasteiger partial charge on any atom is -0.489 e. The van der Waals surface area contributed by atoms with E-state index in [1.165, 1.54) is 7.11 Å². The van der Waals surface area contributed by atoms with Crippen LogP contribution < -0.4 is 4.74 Å². The Kier molecular flexibility index (Phi) is 4.94. The quantitative estimate of drug-likeness (QED) is 0.791. The van der Waals surface area contributed by atoms with Gasteiger partial charge in [0, 0.05) is 0 Å². The molecule has 0 unspecified atom stereocenters. The standard InChI is InChI=1S/C17H15NO3/c1-20-17(19)10-14-4-2-3-5-15(14)12-21-16-8-6-13(11-18)7-9-16/h2-9H,10,12H2,1H3. The maximum absolute atomic E-state index is 11.4. The number of carbonyl (C=O) groups is 1. The lowest BCUT2D eigenvalue weighted by Gasteiger charge is -2.10. The van der Waals surface area contributed by atoms with E-state index in [1.807, 2.05) is 24.3 Å². The molecule has 0 atom stereocenters. The molecule has 106 valence electrons. The molecule has 0 amide bonds. The van der Waals surface area contributed by atoms with Gasteiger partial charge in [0.2, 0.25) is 0 Å². The maximum Gasteiger partial charge on any atom is 0.309 e. The van der Waals surface area contributed by atoms with Crippen LogP contribution in [0.3, 0.4) is 0 Å². The molecule has 4 heteroatoms. The van der Waals surface area contributed by atoms with Crippen LogP contribution >= 0.6 is 0 Å². The highest BCUT2D eigenvalue weighted by atomic mass is 16.5. The number of methoxy groups -OCH3 is 1. The Balaban J connectivity index is 2.05. The second-order valence-electron chi connectivity index (χ2n) is 4.45. The van der Waals surface area contributed by atoms with Gasteiger partial charge in [0.1, 0.15) is 12.4 Å². The Labute approximate surface area is 123 Å². The van der Waals surface area contributed by atoms with Gasteiger partial charge in [0.25, 0.3) is 0 Å². The van der Waals surface area contributed by atoms with E-state index in [1.54, 1.807) is 24.3 Å². The first-order valence-corrected chi connectivity index (χ1v) is 6.49. The molecular weight excluding hydrogens is 266 g/mol. The van der Waals surface area contributed by atoms with Gasteiger partial charge in [-0.3, -0.25) is 4.79 Å². The summed E-state index contributed by atoms with van der Waals surface area (Å²) in [4.78, 5) is 11.4. The Morgan fingerprint density at radius 3 is 2.38 bits per heavy atom. The number of carbonyl (C=O) groups excluding carboxylic acids is 1. The lowest BCUT2D eigenvalue weighted by molar-refractivity contribution is -0.139. The van der Waals surface area contributed by atoms with Gasteiger partial charge in [-0.2, -0.15) is 5.26 Å². The van der Waals surface area contributed by atoms with E-state index in [4.69, 9.17) is 10.00 Å². The summed E-state index contributed by atoms with van der Waals surface area (Å²) in [5.41, 5.74) is 2.42. The normalized spacial score (nSPS) is 9.71. The number of hydrogen-bond donors (Lipinski definition) is 0. The minimum absolute atomic E-state index is 0.226. The third-order valence-electron chi connectivity index (χ3n) is 3.06. The van der Waals surface area contributed by atoms with E-state index < -0.39 is 0 Å². The smallest absolute Gasteiger partial charge is 0.309 e. The Bertz CT molecular complexity index is 656. The van der Waals surface area contributed by atoms with Gasteiger partial charge in [-0.1, -0.05) is 24.3 Å². The molecular formula is C17H15NO3. The highest BCUT2D eigenvalue weighted by Gasteiger charge is 2.08. The molecule has 0 aromatic heterocycles. The molecule has 0 aliphatic rings. The molecule has 2 rings (SSSR count). The average Bonchev–Trinajstić information content (AvgIpc) is 2.54. The van der Waals surface area contributed by atoms with Gasteiger partial charge >= 0.3 is 5.97 Å². The average molecular weight is 281 g/mol. The van der Waals surface area contributed by atoms with Crippen molar-refractivity contribution in [2.75, 3.05) is 7.11 Å². The summed E-state index contributed by atoms with van der Waals surface area (Å²) in [7, 11) is 1.37. The molecule has 4 nitrogen and oxygen atoms in total. The van der Waals surface area contributed by atoms with Gasteiger partial charge in [-0.15, -0.1) is 0 Å². The van der Waals surface area contributed by atoms with Crippen molar-refractivity contribution in [3.05, 3.63) is 65.2 Å². The molecule has 2 aromatic rings. The second kappa shape index (κ2) is 7.11. The van der Waals surface area contributed by atoms with Crippen LogP contribution in [-0.2, 0) is 22.6 Å². The maximum atomic E-state index is 11.4. The van der Waals surface area contributed by atoms with E-state index in [0.717, 1.165) is 11.1 Å². The molecule has 21 heavy (non-hydrogen) atoms. The SMILES string of the molecule is COC(=O)Cc1ccccc1COc1ccc(C#N)cc1. The van der Waals surface area contributed by atoms with Crippen molar-refractivity contribution in [1.29, 1.82) is 5.26 Å². The van der Waals surface area contributed by atoms with E-state index >= 15 is 0 Å². The fraction of sp³-hybridized carbons (Fsp3) is 0.176. The lowest BCUT2D eigenvalue weighted by atomic mass is 10.1. The monoisotopic (exact) mass is 281 g/mol.